The molecule has 0 fully saturated rings. The molecular weight excluding hydrogens is 416 g/mol. The van der Waals surface area contributed by atoms with Crippen LogP contribution in [-0.2, 0) is 16.1 Å². The molecule has 0 spiro atoms. The van der Waals surface area contributed by atoms with Crippen molar-refractivity contribution in [1.82, 2.24) is 4.98 Å². The number of rotatable bonds is 6. The number of hydrogen-bond donors (Lipinski definition) is 1. The van der Waals surface area contributed by atoms with Crippen LogP contribution >= 0.6 is 0 Å². The Labute approximate surface area is 182 Å². The number of nitrogens with zero attached hydrogens (tertiary/aromatic N) is 4. The third-order valence-corrected chi connectivity index (χ3v) is 5.01. The van der Waals surface area contributed by atoms with Gasteiger partial charge in [-0.15, -0.1) is 0 Å². The van der Waals surface area contributed by atoms with Crippen molar-refractivity contribution in [3.8, 4) is 0 Å². The maximum Gasteiger partial charge on any atom is 0.274 e. The summed E-state index contributed by atoms with van der Waals surface area (Å²) in [5.74, 6) is -2.02. The lowest BCUT2D eigenvalue weighted by Gasteiger charge is -2.22. The molecule has 0 radical (unpaired) electrons. The molecule has 0 saturated carbocycles. The van der Waals surface area contributed by atoms with Crippen LogP contribution in [-0.4, -0.2) is 28.6 Å². The van der Waals surface area contributed by atoms with Gasteiger partial charge in [0.25, 0.3) is 5.91 Å². The Morgan fingerprint density at radius 2 is 1.66 bits per heavy atom. The SMILES string of the molecule is NC(=O)C1CC(C(=O)N(Cc2ccccn2)c2ccc(F)cc2)=NN1c1ccc(F)cc1. The second-order valence-corrected chi connectivity index (χ2v) is 7.18. The second-order valence-electron chi connectivity index (χ2n) is 7.18. The van der Waals surface area contributed by atoms with Crippen molar-refractivity contribution >= 4 is 28.9 Å². The van der Waals surface area contributed by atoms with E-state index in [9.17, 15) is 18.4 Å². The molecule has 2 aromatic carbocycles. The summed E-state index contributed by atoms with van der Waals surface area (Å²) < 4.78 is 26.8. The fourth-order valence-corrected chi connectivity index (χ4v) is 3.40. The highest BCUT2D eigenvalue weighted by Crippen LogP contribution is 2.27. The summed E-state index contributed by atoms with van der Waals surface area (Å²) in [6, 6.07) is 15.2. The quantitative estimate of drug-likeness (QED) is 0.644. The van der Waals surface area contributed by atoms with Crippen molar-refractivity contribution in [3.05, 3.63) is 90.3 Å². The Bertz CT molecular complexity index is 1150. The minimum Gasteiger partial charge on any atom is -0.368 e. The van der Waals surface area contributed by atoms with Gasteiger partial charge in [-0.1, -0.05) is 6.07 Å². The van der Waals surface area contributed by atoms with Gasteiger partial charge in [0.05, 0.1) is 17.9 Å². The summed E-state index contributed by atoms with van der Waals surface area (Å²) in [4.78, 5) is 31.2. The zero-order valence-electron chi connectivity index (χ0n) is 16.9. The first-order valence-electron chi connectivity index (χ1n) is 9.81. The second kappa shape index (κ2) is 8.93. The third-order valence-electron chi connectivity index (χ3n) is 5.01. The number of nitrogens with two attached hydrogens (primary N) is 1. The van der Waals surface area contributed by atoms with E-state index in [0.717, 1.165) is 0 Å². The molecule has 1 atom stereocenters. The lowest BCUT2D eigenvalue weighted by Crippen LogP contribution is -2.40. The summed E-state index contributed by atoms with van der Waals surface area (Å²) >= 11 is 0. The van der Waals surface area contributed by atoms with E-state index < -0.39 is 29.5 Å². The predicted molar refractivity (Wildman–Crippen MR) is 116 cm³/mol. The number of anilines is 2. The Morgan fingerprint density at radius 3 is 2.25 bits per heavy atom. The summed E-state index contributed by atoms with van der Waals surface area (Å²) in [6.45, 7) is 0.113. The van der Waals surface area contributed by atoms with Gasteiger partial charge in [-0.25, -0.2) is 8.78 Å². The topological polar surface area (TPSA) is 91.9 Å². The predicted octanol–water partition coefficient (Wildman–Crippen LogP) is 3.01. The Balaban J connectivity index is 1.68. The molecule has 3 aromatic rings. The summed E-state index contributed by atoms with van der Waals surface area (Å²) in [5, 5.41) is 5.66. The van der Waals surface area contributed by atoms with E-state index in [1.807, 2.05) is 0 Å². The molecule has 162 valence electrons. The molecule has 0 aliphatic carbocycles. The monoisotopic (exact) mass is 435 g/mol. The van der Waals surface area contributed by atoms with Crippen LogP contribution in [0, 0.1) is 11.6 Å². The Morgan fingerprint density at radius 1 is 1.00 bits per heavy atom. The number of carbonyl (C=O) groups is 2. The Kier molecular flexibility index (Phi) is 5.89. The Hall–Kier alpha value is -4.14. The summed E-state index contributed by atoms with van der Waals surface area (Å²) in [7, 11) is 0. The number of hydrogen-bond acceptors (Lipinski definition) is 5. The standard InChI is InChI=1S/C23H19F2N5O2/c24-15-4-8-18(9-5-15)29(14-17-3-1-2-12-27-17)23(32)20-13-21(22(26)31)30(28-20)19-10-6-16(25)7-11-19/h1-12,21H,13-14H2,(H2,26,31). The molecule has 32 heavy (non-hydrogen) atoms. The van der Waals surface area contributed by atoms with E-state index >= 15 is 0 Å². The number of hydrazone groups is 1. The van der Waals surface area contributed by atoms with Gasteiger partial charge in [0.1, 0.15) is 23.4 Å². The van der Waals surface area contributed by atoms with Gasteiger partial charge in [0, 0.05) is 18.3 Å². The molecule has 9 heteroatoms. The first-order chi connectivity index (χ1) is 15.4. The van der Waals surface area contributed by atoms with E-state index in [2.05, 4.69) is 10.1 Å². The largest absolute Gasteiger partial charge is 0.368 e. The van der Waals surface area contributed by atoms with Gasteiger partial charge >= 0.3 is 0 Å². The van der Waals surface area contributed by atoms with Gasteiger partial charge in [-0.2, -0.15) is 5.10 Å². The highest BCUT2D eigenvalue weighted by atomic mass is 19.1. The fourth-order valence-electron chi connectivity index (χ4n) is 3.40. The lowest BCUT2D eigenvalue weighted by atomic mass is 10.1. The normalized spacial score (nSPS) is 15.4. The number of primary amides is 1. The molecule has 1 aromatic heterocycles. The molecule has 1 aliphatic heterocycles. The van der Waals surface area contributed by atoms with Crippen LogP contribution in [0.3, 0.4) is 0 Å². The molecule has 2 N–H and O–H groups in total. The summed E-state index contributed by atoms with van der Waals surface area (Å²) in [6.07, 6.45) is 1.58. The molecule has 4 rings (SSSR count). The molecule has 1 unspecified atom stereocenters. The average Bonchev–Trinajstić information content (AvgIpc) is 3.25. The van der Waals surface area contributed by atoms with E-state index in [0.29, 0.717) is 17.1 Å². The van der Waals surface area contributed by atoms with Crippen molar-refractivity contribution in [2.24, 2.45) is 10.8 Å². The van der Waals surface area contributed by atoms with Gasteiger partial charge in [-0.05, 0) is 60.7 Å². The average molecular weight is 435 g/mol. The van der Waals surface area contributed by atoms with Crippen LogP contribution in [0.15, 0.2) is 78.0 Å². The van der Waals surface area contributed by atoms with Crippen molar-refractivity contribution in [2.75, 3.05) is 9.91 Å². The maximum atomic E-state index is 13.5. The van der Waals surface area contributed by atoms with Crippen molar-refractivity contribution in [3.63, 3.8) is 0 Å². The first kappa shape index (κ1) is 21.1. The van der Waals surface area contributed by atoms with E-state index in [4.69, 9.17) is 5.73 Å². The first-order valence-corrected chi connectivity index (χ1v) is 9.81. The molecular formula is C23H19F2N5O2. The lowest BCUT2D eigenvalue weighted by molar-refractivity contribution is -0.119. The maximum absolute atomic E-state index is 13.5. The fraction of sp³-hybridized carbons (Fsp3) is 0.130. The minimum atomic E-state index is -0.899. The molecule has 2 heterocycles. The van der Waals surface area contributed by atoms with E-state index in [-0.39, 0.29) is 18.7 Å². The number of benzene rings is 2. The molecule has 7 nitrogen and oxygen atoms in total. The van der Waals surface area contributed by atoms with Crippen molar-refractivity contribution < 1.29 is 18.4 Å². The smallest absolute Gasteiger partial charge is 0.274 e. The van der Waals surface area contributed by atoms with Gasteiger partial charge in [-0.3, -0.25) is 19.6 Å². The third kappa shape index (κ3) is 4.46. The van der Waals surface area contributed by atoms with Crippen LogP contribution in [0.1, 0.15) is 12.1 Å². The highest BCUT2D eigenvalue weighted by molar-refractivity contribution is 6.44. The molecule has 1 aliphatic rings. The number of amides is 2. The van der Waals surface area contributed by atoms with Crippen molar-refractivity contribution in [1.29, 1.82) is 0 Å². The number of halogens is 2. The highest BCUT2D eigenvalue weighted by Gasteiger charge is 2.37. The molecule has 0 saturated heterocycles. The van der Waals surface area contributed by atoms with E-state index in [1.165, 1.54) is 58.4 Å². The summed E-state index contributed by atoms with van der Waals surface area (Å²) in [5.41, 5.74) is 7.12. The number of pyridine rings is 1. The van der Waals surface area contributed by atoms with Crippen LogP contribution in [0.2, 0.25) is 0 Å². The van der Waals surface area contributed by atoms with Crippen LogP contribution in [0.25, 0.3) is 0 Å². The van der Waals surface area contributed by atoms with Gasteiger partial charge in [0.15, 0.2) is 0 Å². The number of carbonyl (C=O) groups excluding carboxylic acids is 2. The molecule has 2 amide bonds. The van der Waals surface area contributed by atoms with Crippen molar-refractivity contribution in [2.45, 2.75) is 19.0 Å². The minimum absolute atomic E-state index is 0.0224. The van der Waals surface area contributed by atoms with E-state index in [1.54, 1.807) is 24.4 Å². The zero-order valence-corrected chi connectivity index (χ0v) is 16.9. The molecule has 0 bridgehead atoms. The van der Waals surface area contributed by atoms with Gasteiger partial charge < -0.3 is 10.6 Å². The number of aromatic nitrogens is 1. The van der Waals surface area contributed by atoms with Gasteiger partial charge in [0.2, 0.25) is 5.91 Å². The van der Waals surface area contributed by atoms with Crippen LogP contribution in [0.5, 0.6) is 0 Å². The van der Waals surface area contributed by atoms with Crippen LogP contribution < -0.4 is 15.6 Å². The zero-order chi connectivity index (χ0) is 22.7. The van der Waals surface area contributed by atoms with Crippen LogP contribution in [0.4, 0.5) is 20.2 Å².